The second kappa shape index (κ2) is 3.77. The van der Waals surface area contributed by atoms with E-state index in [4.69, 9.17) is 0 Å². The first kappa shape index (κ1) is 10.4. The van der Waals surface area contributed by atoms with Crippen molar-refractivity contribution >= 4 is 0 Å². The summed E-state index contributed by atoms with van der Waals surface area (Å²) in [5.74, 6) is 0.244. The van der Waals surface area contributed by atoms with Crippen LogP contribution in [0.1, 0.15) is 24.2 Å². The molecule has 4 heteroatoms. The molecule has 0 aliphatic heterocycles. The van der Waals surface area contributed by atoms with E-state index in [0.29, 0.717) is 17.5 Å². The van der Waals surface area contributed by atoms with Crippen LogP contribution in [0.4, 0.5) is 8.78 Å². The van der Waals surface area contributed by atoms with Gasteiger partial charge in [0.05, 0.1) is 6.10 Å². The molecule has 82 valence electrons. The summed E-state index contributed by atoms with van der Waals surface area (Å²) in [4.78, 5) is 0. The Morgan fingerprint density at radius 2 is 2.20 bits per heavy atom. The SMILES string of the molecule is CC1Cc2c(OC(F)F)cccc2C1O. The fraction of sp³-hybridized carbons (Fsp3) is 0.455. The van der Waals surface area contributed by atoms with Crippen LogP contribution in [0, 0.1) is 5.92 Å². The van der Waals surface area contributed by atoms with Crippen LogP contribution < -0.4 is 4.74 Å². The zero-order chi connectivity index (χ0) is 11.0. The number of halogens is 2. The Hall–Kier alpha value is -1.16. The predicted octanol–water partition coefficient (Wildman–Crippen LogP) is 2.51. The van der Waals surface area contributed by atoms with E-state index in [1.165, 1.54) is 6.07 Å². The predicted molar refractivity (Wildman–Crippen MR) is 50.9 cm³/mol. The molecule has 1 N–H and O–H groups in total. The molecule has 0 saturated heterocycles. The lowest BCUT2D eigenvalue weighted by Crippen LogP contribution is -2.04. The maximum absolute atomic E-state index is 12.1. The van der Waals surface area contributed by atoms with Gasteiger partial charge < -0.3 is 9.84 Å². The lowest BCUT2D eigenvalue weighted by molar-refractivity contribution is -0.0504. The molecule has 2 atom stereocenters. The van der Waals surface area contributed by atoms with Crippen LogP contribution in [0.15, 0.2) is 18.2 Å². The Labute approximate surface area is 86.5 Å². The van der Waals surface area contributed by atoms with Crippen LogP contribution in [-0.4, -0.2) is 11.7 Å². The molecule has 0 aromatic heterocycles. The Kier molecular flexibility index (Phi) is 2.61. The van der Waals surface area contributed by atoms with E-state index in [1.807, 2.05) is 6.92 Å². The van der Waals surface area contributed by atoms with Crippen molar-refractivity contribution in [3.8, 4) is 5.75 Å². The van der Waals surface area contributed by atoms with Crippen molar-refractivity contribution in [2.75, 3.05) is 0 Å². The molecule has 0 bridgehead atoms. The van der Waals surface area contributed by atoms with Crippen LogP contribution in [0.5, 0.6) is 5.75 Å². The van der Waals surface area contributed by atoms with Crippen LogP contribution in [0.2, 0.25) is 0 Å². The highest BCUT2D eigenvalue weighted by atomic mass is 19.3. The number of alkyl halides is 2. The quantitative estimate of drug-likeness (QED) is 0.819. The maximum Gasteiger partial charge on any atom is 0.387 e. The Morgan fingerprint density at radius 1 is 1.47 bits per heavy atom. The molecule has 15 heavy (non-hydrogen) atoms. The van der Waals surface area contributed by atoms with Crippen molar-refractivity contribution in [3.05, 3.63) is 29.3 Å². The number of hydrogen-bond acceptors (Lipinski definition) is 2. The number of ether oxygens (including phenoxy) is 1. The highest BCUT2D eigenvalue weighted by Crippen LogP contribution is 2.40. The highest BCUT2D eigenvalue weighted by molar-refractivity contribution is 5.45. The highest BCUT2D eigenvalue weighted by Gasteiger charge is 2.30. The maximum atomic E-state index is 12.1. The molecule has 0 spiro atoms. The number of benzene rings is 1. The van der Waals surface area contributed by atoms with Crippen LogP contribution in [0.25, 0.3) is 0 Å². The largest absolute Gasteiger partial charge is 0.435 e. The standard InChI is InChI=1S/C11H12F2O2/c1-6-5-8-7(10(6)14)3-2-4-9(8)15-11(12)13/h2-4,6,10-11,14H,5H2,1H3. The van der Waals surface area contributed by atoms with Gasteiger partial charge in [0.2, 0.25) is 0 Å². The Bertz CT molecular complexity index is 366. The van der Waals surface area contributed by atoms with E-state index in [2.05, 4.69) is 4.74 Å². The fourth-order valence-electron chi connectivity index (χ4n) is 2.02. The lowest BCUT2D eigenvalue weighted by Gasteiger charge is -2.10. The minimum atomic E-state index is -2.82. The summed E-state index contributed by atoms with van der Waals surface area (Å²) in [7, 11) is 0. The van der Waals surface area contributed by atoms with Crippen molar-refractivity contribution in [1.82, 2.24) is 0 Å². The van der Waals surface area contributed by atoms with Gasteiger partial charge in [-0.25, -0.2) is 0 Å². The Balaban J connectivity index is 2.36. The first-order chi connectivity index (χ1) is 7.09. The zero-order valence-electron chi connectivity index (χ0n) is 8.28. The third-order valence-corrected chi connectivity index (χ3v) is 2.77. The molecule has 0 amide bonds. The van der Waals surface area contributed by atoms with Crippen molar-refractivity contribution in [2.24, 2.45) is 5.92 Å². The molecule has 1 aromatic carbocycles. The molecular weight excluding hydrogens is 202 g/mol. The second-order valence-electron chi connectivity index (χ2n) is 3.83. The van der Waals surface area contributed by atoms with Gasteiger partial charge in [-0.15, -0.1) is 0 Å². The van der Waals surface area contributed by atoms with E-state index >= 15 is 0 Å². The average Bonchev–Trinajstić information content (AvgIpc) is 2.45. The summed E-state index contributed by atoms with van der Waals surface area (Å²) >= 11 is 0. The van der Waals surface area contributed by atoms with Gasteiger partial charge >= 0.3 is 6.61 Å². The molecule has 2 nitrogen and oxygen atoms in total. The average molecular weight is 214 g/mol. The van der Waals surface area contributed by atoms with Crippen molar-refractivity contribution in [2.45, 2.75) is 26.1 Å². The van der Waals surface area contributed by atoms with E-state index in [9.17, 15) is 13.9 Å². The van der Waals surface area contributed by atoms with E-state index in [0.717, 1.165) is 0 Å². The Morgan fingerprint density at radius 3 is 2.87 bits per heavy atom. The summed E-state index contributed by atoms with van der Waals surface area (Å²) in [6.45, 7) is -0.929. The van der Waals surface area contributed by atoms with Crippen molar-refractivity contribution in [1.29, 1.82) is 0 Å². The normalized spacial score (nSPS) is 24.3. The van der Waals surface area contributed by atoms with Crippen LogP contribution >= 0.6 is 0 Å². The number of hydrogen-bond donors (Lipinski definition) is 1. The van der Waals surface area contributed by atoms with Gasteiger partial charge in [0, 0.05) is 5.56 Å². The summed E-state index contributed by atoms with van der Waals surface area (Å²) in [6.07, 6.45) is 0.0144. The van der Waals surface area contributed by atoms with Crippen LogP contribution in [-0.2, 0) is 6.42 Å². The number of aliphatic hydroxyl groups is 1. The first-order valence-corrected chi connectivity index (χ1v) is 4.84. The summed E-state index contributed by atoms with van der Waals surface area (Å²) in [6, 6.07) is 4.88. The van der Waals surface area contributed by atoms with Gasteiger partial charge in [0.15, 0.2) is 0 Å². The topological polar surface area (TPSA) is 29.5 Å². The molecule has 1 aliphatic carbocycles. The number of rotatable bonds is 2. The van der Waals surface area contributed by atoms with E-state index in [1.54, 1.807) is 12.1 Å². The zero-order valence-corrected chi connectivity index (χ0v) is 8.28. The van der Waals surface area contributed by atoms with Gasteiger partial charge in [-0.3, -0.25) is 0 Å². The minimum Gasteiger partial charge on any atom is -0.435 e. The summed E-state index contributed by atoms with van der Waals surface area (Å²) < 4.78 is 28.6. The van der Waals surface area contributed by atoms with Gasteiger partial charge in [-0.2, -0.15) is 8.78 Å². The molecule has 0 radical (unpaired) electrons. The molecule has 2 rings (SSSR count). The van der Waals surface area contributed by atoms with Crippen molar-refractivity contribution in [3.63, 3.8) is 0 Å². The van der Waals surface area contributed by atoms with Crippen LogP contribution in [0.3, 0.4) is 0 Å². The number of aliphatic hydroxyl groups excluding tert-OH is 1. The van der Waals surface area contributed by atoms with E-state index < -0.39 is 12.7 Å². The van der Waals surface area contributed by atoms with Gasteiger partial charge in [0.25, 0.3) is 0 Å². The molecule has 0 heterocycles. The third kappa shape index (κ3) is 1.81. The number of fused-ring (bicyclic) bond motifs is 1. The van der Waals surface area contributed by atoms with Gasteiger partial charge in [-0.05, 0) is 24.0 Å². The molecule has 0 fully saturated rings. The lowest BCUT2D eigenvalue weighted by atomic mass is 10.1. The first-order valence-electron chi connectivity index (χ1n) is 4.84. The van der Waals surface area contributed by atoms with Crippen molar-refractivity contribution < 1.29 is 18.6 Å². The summed E-state index contributed by atoms with van der Waals surface area (Å²) in [5, 5.41) is 9.77. The summed E-state index contributed by atoms with van der Waals surface area (Å²) in [5.41, 5.74) is 1.42. The molecule has 1 aromatic rings. The van der Waals surface area contributed by atoms with E-state index in [-0.39, 0.29) is 11.7 Å². The minimum absolute atomic E-state index is 0.0578. The monoisotopic (exact) mass is 214 g/mol. The second-order valence-corrected chi connectivity index (χ2v) is 3.83. The fourth-order valence-corrected chi connectivity index (χ4v) is 2.02. The molecule has 0 saturated carbocycles. The molecule has 1 aliphatic rings. The van der Waals surface area contributed by atoms with Gasteiger partial charge in [-0.1, -0.05) is 19.1 Å². The van der Waals surface area contributed by atoms with Gasteiger partial charge in [0.1, 0.15) is 5.75 Å². The molecule has 2 unspecified atom stereocenters. The molecular formula is C11H12F2O2. The third-order valence-electron chi connectivity index (χ3n) is 2.77. The smallest absolute Gasteiger partial charge is 0.387 e.